The van der Waals surface area contributed by atoms with Crippen molar-refractivity contribution in [3.63, 3.8) is 0 Å². The van der Waals surface area contributed by atoms with Crippen LogP contribution in [0.3, 0.4) is 0 Å². The van der Waals surface area contributed by atoms with Crippen molar-refractivity contribution in [2.24, 2.45) is 0 Å². The Morgan fingerprint density at radius 3 is 2.74 bits per heavy atom. The third kappa shape index (κ3) is 3.21. The van der Waals surface area contributed by atoms with Crippen molar-refractivity contribution in [1.29, 1.82) is 0 Å². The second-order valence-corrected chi connectivity index (χ2v) is 4.15. The van der Waals surface area contributed by atoms with Crippen LogP contribution in [0.25, 0.3) is 0 Å². The predicted molar refractivity (Wildman–Crippen MR) is 69.0 cm³/mol. The van der Waals surface area contributed by atoms with Crippen LogP contribution in [0, 0.1) is 17.0 Å². The number of rotatable bonds is 6. The molecule has 0 amide bonds. The van der Waals surface area contributed by atoms with Gasteiger partial charge in [-0.1, -0.05) is 6.92 Å². The minimum Gasteiger partial charge on any atom is -0.467 e. The zero-order chi connectivity index (χ0) is 14.6. The average molecular weight is 270 g/mol. The summed E-state index contributed by atoms with van der Waals surface area (Å²) in [6.45, 7) is 5.62. The molecular weight excluding hydrogens is 252 g/mol. The van der Waals surface area contributed by atoms with E-state index in [1.54, 1.807) is 13.8 Å². The van der Waals surface area contributed by atoms with Crippen molar-refractivity contribution in [3.8, 4) is 0 Å². The van der Waals surface area contributed by atoms with Crippen molar-refractivity contribution in [3.05, 3.63) is 15.8 Å². The summed E-state index contributed by atoms with van der Waals surface area (Å²) in [5.74, 6) is -0.251. The quantitative estimate of drug-likeness (QED) is 0.477. The summed E-state index contributed by atoms with van der Waals surface area (Å²) < 4.78 is 6.10. The highest BCUT2D eigenvalue weighted by molar-refractivity contribution is 5.79. The van der Waals surface area contributed by atoms with Crippen molar-refractivity contribution in [1.82, 2.24) is 9.78 Å². The molecule has 0 fully saturated rings. The fourth-order valence-corrected chi connectivity index (χ4v) is 1.75. The summed E-state index contributed by atoms with van der Waals surface area (Å²) >= 11 is 0. The number of aryl methyl sites for hydroxylation is 2. The normalized spacial score (nSPS) is 12.0. The smallest absolute Gasteiger partial charge is 0.333 e. The fraction of sp³-hybridized carbons (Fsp3) is 0.636. The molecule has 0 aromatic carbocycles. The number of nitro groups is 1. The van der Waals surface area contributed by atoms with Gasteiger partial charge in [-0.3, -0.25) is 10.1 Å². The monoisotopic (exact) mass is 270 g/mol. The Hall–Kier alpha value is -2.12. The number of carbonyl (C=O) groups excluding carboxylic acids is 1. The van der Waals surface area contributed by atoms with Gasteiger partial charge in [0.15, 0.2) is 0 Å². The Labute approximate surface area is 110 Å². The lowest BCUT2D eigenvalue weighted by atomic mass is 10.3. The van der Waals surface area contributed by atoms with E-state index < -0.39 is 16.9 Å². The second kappa shape index (κ2) is 6.17. The van der Waals surface area contributed by atoms with Crippen molar-refractivity contribution in [2.45, 2.75) is 39.8 Å². The third-order valence-electron chi connectivity index (χ3n) is 2.62. The number of hydrogen-bond acceptors (Lipinski definition) is 6. The van der Waals surface area contributed by atoms with Crippen molar-refractivity contribution < 1.29 is 14.5 Å². The number of nitrogens with zero attached hydrogens (tertiary/aromatic N) is 3. The van der Waals surface area contributed by atoms with Gasteiger partial charge in [0.25, 0.3) is 0 Å². The highest BCUT2D eigenvalue weighted by Gasteiger charge is 2.27. The Balaban J connectivity index is 3.14. The number of anilines is 1. The molecule has 1 rings (SSSR count). The summed E-state index contributed by atoms with van der Waals surface area (Å²) in [5.41, 5.74) is 0.210. The Kier molecular flexibility index (Phi) is 4.85. The summed E-state index contributed by atoms with van der Waals surface area (Å²) in [5, 5.41) is 18.0. The van der Waals surface area contributed by atoms with Gasteiger partial charge in [-0.05, 0) is 20.3 Å². The van der Waals surface area contributed by atoms with Gasteiger partial charge in [0, 0.05) is 6.54 Å². The van der Waals surface area contributed by atoms with E-state index in [9.17, 15) is 14.9 Å². The number of methoxy groups -OCH3 is 1. The summed E-state index contributed by atoms with van der Waals surface area (Å²) in [6.07, 6.45) is 0.777. The molecule has 1 atom stereocenters. The number of aromatic nitrogens is 2. The lowest BCUT2D eigenvalue weighted by Gasteiger charge is -2.13. The number of esters is 1. The van der Waals surface area contributed by atoms with Gasteiger partial charge in [-0.15, -0.1) is 0 Å². The molecule has 0 spiro atoms. The van der Waals surface area contributed by atoms with Gasteiger partial charge >= 0.3 is 11.7 Å². The highest BCUT2D eigenvalue weighted by atomic mass is 16.6. The van der Waals surface area contributed by atoms with Crippen LogP contribution in [-0.2, 0) is 16.1 Å². The minimum atomic E-state index is -0.685. The summed E-state index contributed by atoms with van der Waals surface area (Å²) in [4.78, 5) is 22.0. The number of nitrogens with one attached hydrogen (secondary N) is 1. The topological polar surface area (TPSA) is 99.3 Å². The molecule has 8 nitrogen and oxygen atoms in total. The van der Waals surface area contributed by atoms with Gasteiger partial charge in [0.2, 0.25) is 5.82 Å². The molecule has 1 unspecified atom stereocenters. The third-order valence-corrected chi connectivity index (χ3v) is 2.62. The number of ether oxygens (including phenoxy) is 1. The van der Waals surface area contributed by atoms with Crippen LogP contribution in [0.1, 0.15) is 26.0 Å². The van der Waals surface area contributed by atoms with Crippen LogP contribution < -0.4 is 5.32 Å². The van der Waals surface area contributed by atoms with E-state index in [4.69, 9.17) is 0 Å². The molecule has 0 aliphatic rings. The maximum Gasteiger partial charge on any atom is 0.333 e. The first-order chi connectivity index (χ1) is 8.92. The van der Waals surface area contributed by atoms with E-state index in [0.717, 1.165) is 6.42 Å². The lowest BCUT2D eigenvalue weighted by molar-refractivity contribution is -0.384. The van der Waals surface area contributed by atoms with E-state index in [1.807, 2.05) is 6.92 Å². The SMILES string of the molecule is CCCn1nc(C)c([N+](=O)[O-])c1NC(C)C(=O)OC. The first kappa shape index (κ1) is 14.9. The van der Waals surface area contributed by atoms with E-state index in [0.29, 0.717) is 12.2 Å². The van der Waals surface area contributed by atoms with Crippen LogP contribution in [0.2, 0.25) is 0 Å². The van der Waals surface area contributed by atoms with Crippen LogP contribution in [0.4, 0.5) is 11.5 Å². The van der Waals surface area contributed by atoms with Gasteiger partial charge < -0.3 is 10.1 Å². The van der Waals surface area contributed by atoms with Gasteiger partial charge in [-0.2, -0.15) is 5.10 Å². The molecule has 0 saturated heterocycles. The van der Waals surface area contributed by atoms with E-state index >= 15 is 0 Å². The molecule has 1 N–H and O–H groups in total. The van der Waals surface area contributed by atoms with Crippen molar-refractivity contribution in [2.75, 3.05) is 12.4 Å². The van der Waals surface area contributed by atoms with Crippen LogP contribution in [0.15, 0.2) is 0 Å². The molecule has 0 aliphatic heterocycles. The largest absolute Gasteiger partial charge is 0.467 e. The first-order valence-electron chi connectivity index (χ1n) is 5.98. The van der Waals surface area contributed by atoms with Gasteiger partial charge in [-0.25, -0.2) is 9.48 Å². The maximum atomic E-state index is 11.4. The second-order valence-electron chi connectivity index (χ2n) is 4.15. The van der Waals surface area contributed by atoms with Crippen LogP contribution >= 0.6 is 0 Å². The van der Waals surface area contributed by atoms with Crippen LogP contribution in [0.5, 0.6) is 0 Å². The first-order valence-corrected chi connectivity index (χ1v) is 5.98. The Morgan fingerprint density at radius 1 is 1.63 bits per heavy atom. The minimum absolute atomic E-state index is 0.107. The molecule has 0 bridgehead atoms. The molecule has 0 saturated carbocycles. The predicted octanol–water partition coefficient (Wildman–Crippen LogP) is 1.48. The number of carbonyl (C=O) groups is 1. The van der Waals surface area contributed by atoms with Crippen LogP contribution in [-0.4, -0.2) is 33.8 Å². The Morgan fingerprint density at radius 2 is 2.26 bits per heavy atom. The zero-order valence-electron chi connectivity index (χ0n) is 11.5. The Bertz CT molecular complexity index is 483. The van der Waals surface area contributed by atoms with E-state index in [2.05, 4.69) is 15.2 Å². The fourth-order valence-electron chi connectivity index (χ4n) is 1.75. The standard InChI is InChI=1S/C11H18N4O4/c1-5-6-14-10(12-8(3)11(16)19-4)9(15(17)18)7(2)13-14/h8,12H,5-6H2,1-4H3. The van der Waals surface area contributed by atoms with Gasteiger partial charge in [0.1, 0.15) is 11.7 Å². The highest BCUT2D eigenvalue weighted by Crippen LogP contribution is 2.29. The molecule has 1 heterocycles. The lowest BCUT2D eigenvalue weighted by Crippen LogP contribution is -2.28. The molecule has 0 aliphatic carbocycles. The molecule has 0 radical (unpaired) electrons. The maximum absolute atomic E-state index is 11.4. The molecule has 1 aromatic rings. The summed E-state index contributed by atoms with van der Waals surface area (Å²) in [7, 11) is 1.27. The molecule has 8 heteroatoms. The van der Waals surface area contributed by atoms with Gasteiger partial charge in [0.05, 0.1) is 12.0 Å². The molecule has 19 heavy (non-hydrogen) atoms. The molecule has 106 valence electrons. The van der Waals surface area contributed by atoms with E-state index in [-0.39, 0.29) is 11.5 Å². The van der Waals surface area contributed by atoms with Crippen molar-refractivity contribution >= 4 is 17.5 Å². The molecule has 1 aromatic heterocycles. The van der Waals surface area contributed by atoms with E-state index in [1.165, 1.54) is 11.8 Å². The summed E-state index contributed by atoms with van der Waals surface area (Å²) in [6, 6.07) is -0.685. The molecular formula is C11H18N4O4. The zero-order valence-corrected chi connectivity index (χ0v) is 11.5. The average Bonchev–Trinajstić information content (AvgIpc) is 2.65. The number of hydrogen-bond donors (Lipinski definition) is 1.